The maximum Gasteiger partial charge on any atom is 0.172 e. The molecule has 4 aliphatic heterocycles. The molecule has 13 fully saturated rings. The Bertz CT molecular complexity index is 1070. The third kappa shape index (κ3) is 3.76. The highest BCUT2D eigenvalue weighted by molar-refractivity contribution is 7.61. The molecule has 4 saturated heterocycles. The van der Waals surface area contributed by atoms with Crippen LogP contribution in [0.5, 0.6) is 0 Å². The van der Waals surface area contributed by atoms with Gasteiger partial charge in [-0.2, -0.15) is 0 Å². The van der Waals surface area contributed by atoms with Gasteiger partial charge in [0.2, 0.25) is 0 Å². The van der Waals surface area contributed by atoms with Gasteiger partial charge in [0.05, 0.1) is 11.2 Å². The number of hydrogen-bond donors (Lipinski definition) is 0. The van der Waals surface area contributed by atoms with Crippen molar-refractivity contribution in [2.75, 3.05) is 12.3 Å². The van der Waals surface area contributed by atoms with Crippen LogP contribution in [0.3, 0.4) is 0 Å². The number of ether oxygens (including phenoxy) is 3. The molecule has 9 aliphatic carbocycles. The smallest absolute Gasteiger partial charge is 0.172 e. The Morgan fingerprint density at radius 2 is 1.02 bits per heavy atom. The SMILES string of the molecule is CC1CCC(CP(C23CC4CC(CC(C4)C2)C3)C23CC4CC(CC(C4)C2)C3)C1C1(CP)C2(C)CC3(C)OC(C)(CC1(C)O3)O2. The molecule has 12 bridgehead atoms. The molecule has 0 aromatic heterocycles. The maximum absolute atomic E-state index is 7.24. The van der Waals surface area contributed by atoms with E-state index in [1.807, 2.05) is 0 Å². The fourth-order valence-electron chi connectivity index (χ4n) is 17.5. The molecule has 8 atom stereocenters. The Kier molecular flexibility index (Phi) is 6.12. The lowest BCUT2D eigenvalue weighted by atomic mass is 9.47. The van der Waals surface area contributed by atoms with Crippen LogP contribution in [0.15, 0.2) is 0 Å². The molecule has 4 heterocycles. The molecular formula is C39H62O3P2. The third-order valence-corrected chi connectivity index (χ3v) is 22.0. The van der Waals surface area contributed by atoms with E-state index >= 15 is 0 Å². The molecule has 0 amide bonds. The predicted molar refractivity (Wildman–Crippen MR) is 182 cm³/mol. The first-order valence-corrected chi connectivity index (χ1v) is 21.7. The Morgan fingerprint density at radius 3 is 1.41 bits per heavy atom. The summed E-state index contributed by atoms with van der Waals surface area (Å²) in [5.41, 5.74) is -0.418. The Hall–Kier alpha value is 0.740. The van der Waals surface area contributed by atoms with Crippen LogP contribution in [0.25, 0.3) is 0 Å². The van der Waals surface area contributed by atoms with Gasteiger partial charge in [-0.15, -0.1) is 9.24 Å². The Morgan fingerprint density at radius 1 is 0.614 bits per heavy atom. The summed E-state index contributed by atoms with van der Waals surface area (Å²) in [5.74, 6) is 7.62. The van der Waals surface area contributed by atoms with E-state index in [0.29, 0.717) is 5.92 Å². The number of hydrogen-bond acceptors (Lipinski definition) is 3. The van der Waals surface area contributed by atoms with Crippen LogP contribution in [-0.2, 0) is 14.2 Å². The zero-order valence-corrected chi connectivity index (χ0v) is 30.7. The summed E-state index contributed by atoms with van der Waals surface area (Å²) in [6.07, 6.45) is 26.6. The van der Waals surface area contributed by atoms with Crippen molar-refractivity contribution in [2.24, 2.45) is 58.7 Å². The molecule has 0 aromatic rings. The summed E-state index contributed by atoms with van der Waals surface area (Å²) < 4.78 is 21.1. The van der Waals surface area contributed by atoms with Gasteiger partial charge >= 0.3 is 0 Å². The fraction of sp³-hybridized carbons (Fsp3) is 1.00. The summed E-state index contributed by atoms with van der Waals surface area (Å²) in [5, 5.41) is 1.44. The Labute approximate surface area is 272 Å². The van der Waals surface area contributed by atoms with Gasteiger partial charge in [-0.25, -0.2) is 0 Å². The van der Waals surface area contributed by atoms with Crippen molar-refractivity contribution >= 4 is 17.2 Å². The molecule has 0 spiro atoms. The van der Waals surface area contributed by atoms with Crippen LogP contribution in [0.4, 0.5) is 0 Å². The highest BCUT2D eigenvalue weighted by atomic mass is 31.1. The van der Waals surface area contributed by atoms with Gasteiger partial charge in [0.25, 0.3) is 0 Å². The lowest BCUT2D eigenvalue weighted by Crippen LogP contribution is -2.84. The average Bonchev–Trinajstić information content (AvgIpc) is 3.23. The van der Waals surface area contributed by atoms with Crippen LogP contribution in [0, 0.1) is 58.7 Å². The summed E-state index contributed by atoms with van der Waals surface area (Å²) in [4.78, 5) is 0. The maximum atomic E-state index is 7.24. The van der Waals surface area contributed by atoms with E-state index in [1.54, 1.807) is 83.2 Å². The predicted octanol–water partition coefficient (Wildman–Crippen LogP) is 9.75. The Balaban J connectivity index is 1.07. The fourth-order valence-corrected chi connectivity index (χ4v) is 24.2. The second kappa shape index (κ2) is 9.09. The first kappa shape index (κ1) is 29.6. The van der Waals surface area contributed by atoms with Crippen molar-refractivity contribution < 1.29 is 14.2 Å². The molecule has 0 N–H and O–H groups in total. The summed E-state index contributed by atoms with van der Waals surface area (Å²) in [6, 6.07) is 0. The summed E-state index contributed by atoms with van der Waals surface area (Å²) >= 11 is 0. The summed E-state index contributed by atoms with van der Waals surface area (Å²) in [7, 11) is 3.30. The molecule has 8 unspecified atom stereocenters. The van der Waals surface area contributed by atoms with E-state index in [1.165, 1.54) is 12.8 Å². The molecule has 3 nitrogen and oxygen atoms in total. The van der Waals surface area contributed by atoms with Crippen molar-refractivity contribution in [1.29, 1.82) is 0 Å². The van der Waals surface area contributed by atoms with E-state index < -0.39 is 11.6 Å². The van der Waals surface area contributed by atoms with E-state index in [9.17, 15) is 0 Å². The minimum absolute atomic E-state index is 0.00463. The minimum atomic E-state index is -0.527. The van der Waals surface area contributed by atoms with Crippen molar-refractivity contribution in [3.05, 3.63) is 0 Å². The lowest BCUT2D eigenvalue weighted by molar-refractivity contribution is -0.549. The zero-order valence-electron chi connectivity index (χ0n) is 28.7. The van der Waals surface area contributed by atoms with Crippen molar-refractivity contribution in [3.8, 4) is 0 Å². The molecule has 13 rings (SSSR count). The van der Waals surface area contributed by atoms with Crippen LogP contribution < -0.4 is 0 Å². The molecule has 13 aliphatic rings. The van der Waals surface area contributed by atoms with Gasteiger partial charge in [0.1, 0.15) is 0 Å². The standard InChI is InChI=1S/C39H62O3P2/c1-24-6-7-31(32(24)39(23-43)33(2)21-35(4)41-34(39,3)22-36(5,40-33)42-35)20-44(37-14-25-8-26(15-37)10-27(9-25)16-37)38-17-28-11-29(18-38)13-30(12-28)19-38/h24-32H,6-23,43H2,1-5H3. The normalized spacial score (nSPS) is 65.2. The molecule has 246 valence electrons. The molecule has 44 heavy (non-hydrogen) atoms. The molecule has 0 radical (unpaired) electrons. The monoisotopic (exact) mass is 640 g/mol. The molecule has 5 heteroatoms. The van der Waals surface area contributed by atoms with Gasteiger partial charge in [0.15, 0.2) is 11.6 Å². The van der Waals surface area contributed by atoms with Gasteiger partial charge in [-0.05, 0) is 187 Å². The van der Waals surface area contributed by atoms with Gasteiger partial charge in [0, 0.05) is 18.3 Å². The van der Waals surface area contributed by atoms with Crippen molar-refractivity contribution in [1.82, 2.24) is 0 Å². The summed E-state index contributed by atoms with van der Waals surface area (Å²) in [6.45, 7) is 12.1. The van der Waals surface area contributed by atoms with Gasteiger partial charge in [-0.3, -0.25) is 0 Å². The second-order valence-corrected chi connectivity index (χ2v) is 23.8. The van der Waals surface area contributed by atoms with Gasteiger partial charge < -0.3 is 14.2 Å². The lowest BCUT2D eigenvalue weighted by Gasteiger charge is -2.76. The topological polar surface area (TPSA) is 27.7 Å². The first-order chi connectivity index (χ1) is 20.8. The van der Waals surface area contributed by atoms with Crippen molar-refractivity contribution in [3.63, 3.8) is 0 Å². The zero-order chi connectivity index (χ0) is 30.1. The first-order valence-electron chi connectivity index (χ1n) is 19.4. The van der Waals surface area contributed by atoms with Crippen LogP contribution in [0.1, 0.15) is 137 Å². The largest absolute Gasteiger partial charge is 0.343 e. The van der Waals surface area contributed by atoms with Crippen LogP contribution >= 0.6 is 17.2 Å². The second-order valence-electron chi connectivity index (χ2n) is 20.3. The van der Waals surface area contributed by atoms with E-state index in [-0.39, 0.29) is 24.5 Å². The number of rotatable bonds is 6. The van der Waals surface area contributed by atoms with Crippen molar-refractivity contribution in [2.45, 2.75) is 170 Å². The molecule has 9 saturated carbocycles. The average molecular weight is 641 g/mol. The van der Waals surface area contributed by atoms with Crippen LogP contribution in [0.2, 0.25) is 0 Å². The van der Waals surface area contributed by atoms with E-state index in [2.05, 4.69) is 43.9 Å². The highest BCUT2D eigenvalue weighted by Gasteiger charge is 2.80. The third-order valence-electron chi connectivity index (χ3n) is 17.1. The quantitative estimate of drug-likeness (QED) is 0.271. The molecule has 0 aromatic carbocycles. The van der Waals surface area contributed by atoms with E-state index in [4.69, 9.17) is 14.2 Å². The molecular weight excluding hydrogens is 578 g/mol. The van der Waals surface area contributed by atoms with Gasteiger partial charge in [-0.1, -0.05) is 21.3 Å². The van der Waals surface area contributed by atoms with Crippen LogP contribution in [-0.4, -0.2) is 45.4 Å². The van der Waals surface area contributed by atoms with E-state index in [0.717, 1.165) is 76.7 Å². The minimum Gasteiger partial charge on any atom is -0.343 e. The highest BCUT2D eigenvalue weighted by Crippen LogP contribution is 2.81.